The zero-order valence-corrected chi connectivity index (χ0v) is 12.3. The van der Waals surface area contributed by atoms with E-state index in [1.54, 1.807) is 6.92 Å². The molecule has 0 spiro atoms. The van der Waals surface area contributed by atoms with Crippen LogP contribution in [0.1, 0.15) is 17.3 Å². The van der Waals surface area contributed by atoms with Crippen LogP contribution in [0.25, 0.3) is 10.9 Å². The molecule has 22 heavy (non-hydrogen) atoms. The molecule has 0 aliphatic heterocycles. The summed E-state index contributed by atoms with van der Waals surface area (Å²) in [7, 11) is 0. The van der Waals surface area contributed by atoms with Crippen LogP contribution in [0.5, 0.6) is 0 Å². The molecule has 0 fully saturated rings. The highest BCUT2D eigenvalue weighted by Crippen LogP contribution is 2.29. The lowest BCUT2D eigenvalue weighted by Crippen LogP contribution is -2.20. The van der Waals surface area contributed by atoms with Crippen molar-refractivity contribution in [3.05, 3.63) is 38.9 Å². The average Bonchev–Trinajstić information content (AvgIpc) is 2.48. The molecule has 8 heteroatoms. The summed E-state index contributed by atoms with van der Waals surface area (Å²) in [5, 5.41) is 2.16. The highest BCUT2D eigenvalue weighted by atomic mass is 35.5. The maximum absolute atomic E-state index is 14.1. The third-order valence-electron chi connectivity index (χ3n) is 2.92. The van der Waals surface area contributed by atoms with E-state index in [9.17, 15) is 18.8 Å². The van der Waals surface area contributed by atoms with Crippen LogP contribution in [-0.2, 0) is 9.53 Å². The maximum Gasteiger partial charge on any atom is 0.343 e. The van der Waals surface area contributed by atoms with Crippen LogP contribution in [0.15, 0.2) is 17.1 Å². The van der Waals surface area contributed by atoms with Gasteiger partial charge in [0.25, 0.3) is 0 Å². The Labute approximate surface area is 129 Å². The summed E-state index contributed by atoms with van der Waals surface area (Å²) in [4.78, 5) is 37.4. The molecule has 0 aliphatic carbocycles. The van der Waals surface area contributed by atoms with Gasteiger partial charge in [0.2, 0.25) is 5.43 Å². The van der Waals surface area contributed by atoms with Gasteiger partial charge in [-0.3, -0.25) is 4.79 Å². The molecule has 1 heterocycles. The van der Waals surface area contributed by atoms with Crippen LogP contribution in [-0.4, -0.2) is 30.4 Å². The third kappa shape index (κ3) is 2.80. The van der Waals surface area contributed by atoms with Gasteiger partial charge < -0.3 is 19.8 Å². The van der Waals surface area contributed by atoms with Crippen LogP contribution in [0.4, 0.5) is 10.1 Å². The van der Waals surface area contributed by atoms with E-state index in [1.807, 2.05) is 0 Å². The van der Waals surface area contributed by atoms with Crippen molar-refractivity contribution in [3.63, 3.8) is 0 Å². The summed E-state index contributed by atoms with van der Waals surface area (Å²) < 4.78 is 18.9. The van der Waals surface area contributed by atoms with Gasteiger partial charge in [0, 0.05) is 6.20 Å². The Kier molecular flexibility index (Phi) is 4.77. The van der Waals surface area contributed by atoms with E-state index < -0.39 is 17.2 Å². The average molecular weight is 327 g/mol. The van der Waals surface area contributed by atoms with Crippen LogP contribution in [0.2, 0.25) is 5.02 Å². The van der Waals surface area contributed by atoms with Gasteiger partial charge in [-0.2, -0.15) is 0 Å². The molecule has 0 atom stereocenters. The Morgan fingerprint density at radius 2 is 2.27 bits per heavy atom. The summed E-state index contributed by atoms with van der Waals surface area (Å²) in [5.41, 5.74) is -0.971. The number of aromatic nitrogens is 1. The minimum absolute atomic E-state index is 0.0987. The van der Waals surface area contributed by atoms with Crippen molar-refractivity contribution in [2.75, 3.05) is 18.5 Å². The van der Waals surface area contributed by atoms with Crippen molar-refractivity contribution in [3.8, 4) is 0 Å². The van der Waals surface area contributed by atoms with Gasteiger partial charge in [0.05, 0.1) is 34.8 Å². The highest BCUT2D eigenvalue weighted by Gasteiger charge is 2.20. The maximum atomic E-state index is 14.1. The highest BCUT2D eigenvalue weighted by molar-refractivity contribution is 6.32. The third-order valence-corrected chi connectivity index (χ3v) is 3.20. The van der Waals surface area contributed by atoms with E-state index in [0.717, 1.165) is 0 Å². The molecule has 0 saturated carbocycles. The fraction of sp³-hybridized carbons (Fsp3) is 0.214. The predicted molar refractivity (Wildman–Crippen MR) is 80.0 cm³/mol. The molecular formula is C14H12ClFN2O4. The number of fused-ring (bicyclic) bond motifs is 1. The van der Waals surface area contributed by atoms with E-state index in [4.69, 9.17) is 16.3 Å². The summed E-state index contributed by atoms with van der Waals surface area (Å²) in [6.07, 6.45) is 1.69. The summed E-state index contributed by atoms with van der Waals surface area (Å²) in [6.45, 7) is 1.49. The number of halogens is 2. The predicted octanol–water partition coefficient (Wildman–Crippen LogP) is 2.11. The standard InChI is InChI=1S/C14H12ClFN2O4/c1-2-22-14(21)7-6-18-9-5-8(15)11(16)12(17-3-4-19)10(9)13(7)20/h4-6,17H,2-3H2,1H3,(H,18,20). The van der Waals surface area contributed by atoms with Gasteiger partial charge in [0.1, 0.15) is 11.8 Å². The van der Waals surface area contributed by atoms with E-state index in [1.165, 1.54) is 12.3 Å². The molecule has 0 aliphatic rings. The molecule has 2 aromatic rings. The minimum Gasteiger partial charge on any atom is -0.462 e. The van der Waals surface area contributed by atoms with Crippen molar-refractivity contribution in [1.82, 2.24) is 4.98 Å². The van der Waals surface area contributed by atoms with Crippen LogP contribution in [0.3, 0.4) is 0 Å². The van der Waals surface area contributed by atoms with E-state index in [0.29, 0.717) is 6.29 Å². The molecule has 116 valence electrons. The molecule has 0 saturated heterocycles. The number of hydrogen-bond donors (Lipinski definition) is 2. The van der Waals surface area contributed by atoms with Gasteiger partial charge in [0.15, 0.2) is 5.82 Å². The first kappa shape index (κ1) is 16.0. The van der Waals surface area contributed by atoms with Crippen LogP contribution in [0, 0.1) is 5.82 Å². The molecule has 0 bridgehead atoms. The fourth-order valence-corrected chi connectivity index (χ4v) is 2.20. The Bertz CT molecular complexity index is 804. The number of aromatic amines is 1. The van der Waals surface area contributed by atoms with E-state index >= 15 is 0 Å². The molecule has 2 rings (SSSR count). The number of carbonyl (C=O) groups excluding carboxylic acids is 2. The first-order chi connectivity index (χ1) is 10.5. The lowest BCUT2D eigenvalue weighted by Gasteiger charge is -2.11. The smallest absolute Gasteiger partial charge is 0.343 e. The number of esters is 1. The number of ether oxygens (including phenoxy) is 1. The number of benzene rings is 1. The number of rotatable bonds is 5. The second kappa shape index (κ2) is 6.57. The van der Waals surface area contributed by atoms with Crippen molar-refractivity contribution in [1.29, 1.82) is 0 Å². The quantitative estimate of drug-likeness (QED) is 0.649. The Balaban J connectivity index is 2.75. The molecule has 0 radical (unpaired) electrons. The number of pyridine rings is 1. The molecule has 6 nitrogen and oxygen atoms in total. The second-order valence-electron chi connectivity index (χ2n) is 4.27. The van der Waals surface area contributed by atoms with Crippen molar-refractivity contribution in [2.45, 2.75) is 6.92 Å². The normalized spacial score (nSPS) is 10.5. The fourth-order valence-electron chi connectivity index (χ4n) is 2.00. The summed E-state index contributed by atoms with van der Waals surface area (Å²) >= 11 is 5.76. The summed E-state index contributed by atoms with van der Waals surface area (Å²) in [6, 6.07) is 1.23. The molecular weight excluding hydrogens is 315 g/mol. The first-order valence-corrected chi connectivity index (χ1v) is 6.77. The zero-order valence-electron chi connectivity index (χ0n) is 11.5. The molecule has 1 aromatic heterocycles. The number of aldehydes is 1. The van der Waals surface area contributed by atoms with Gasteiger partial charge in [-0.25, -0.2) is 9.18 Å². The second-order valence-corrected chi connectivity index (χ2v) is 4.68. The molecule has 1 aromatic carbocycles. The number of hydrogen-bond acceptors (Lipinski definition) is 5. The summed E-state index contributed by atoms with van der Waals surface area (Å²) in [5.74, 6) is -1.69. The zero-order chi connectivity index (χ0) is 16.3. The van der Waals surface area contributed by atoms with Gasteiger partial charge in [-0.05, 0) is 13.0 Å². The monoisotopic (exact) mass is 326 g/mol. The number of H-pyrrole nitrogens is 1. The van der Waals surface area contributed by atoms with Gasteiger partial charge in [-0.1, -0.05) is 11.6 Å². The Morgan fingerprint density at radius 1 is 1.55 bits per heavy atom. The van der Waals surface area contributed by atoms with Crippen molar-refractivity contribution < 1.29 is 18.7 Å². The molecule has 0 amide bonds. The number of nitrogens with one attached hydrogen (secondary N) is 2. The van der Waals surface area contributed by atoms with E-state index in [-0.39, 0.29) is 40.3 Å². The number of carbonyl (C=O) groups is 2. The SMILES string of the molecule is CCOC(=O)c1c[nH]c2cc(Cl)c(F)c(NCC=O)c2c1=O. The molecule has 2 N–H and O–H groups in total. The number of anilines is 1. The molecule has 0 unspecified atom stereocenters. The van der Waals surface area contributed by atoms with Crippen LogP contribution < -0.4 is 10.7 Å². The lowest BCUT2D eigenvalue weighted by molar-refractivity contribution is -0.106. The van der Waals surface area contributed by atoms with E-state index in [2.05, 4.69) is 10.3 Å². The lowest BCUT2D eigenvalue weighted by atomic mass is 10.1. The van der Waals surface area contributed by atoms with Crippen molar-refractivity contribution >= 4 is 40.4 Å². The topological polar surface area (TPSA) is 88.3 Å². The van der Waals surface area contributed by atoms with Gasteiger partial charge >= 0.3 is 5.97 Å². The van der Waals surface area contributed by atoms with Crippen LogP contribution >= 0.6 is 11.6 Å². The van der Waals surface area contributed by atoms with Crippen molar-refractivity contribution in [2.24, 2.45) is 0 Å². The Hall–Kier alpha value is -2.41. The Morgan fingerprint density at radius 3 is 2.91 bits per heavy atom. The first-order valence-electron chi connectivity index (χ1n) is 6.39. The van der Waals surface area contributed by atoms with Gasteiger partial charge in [-0.15, -0.1) is 0 Å². The minimum atomic E-state index is -0.873. The largest absolute Gasteiger partial charge is 0.462 e.